The normalized spacial score (nSPS) is 13.0. The highest BCUT2D eigenvalue weighted by Crippen LogP contribution is 2.12. The van der Waals surface area contributed by atoms with E-state index >= 15 is 0 Å². The Morgan fingerprint density at radius 1 is 1.57 bits per heavy atom. The fraction of sp³-hybridized carbons (Fsp3) is 0.636. The molecule has 0 fully saturated rings. The third kappa shape index (κ3) is 4.20. The van der Waals surface area contributed by atoms with Crippen molar-refractivity contribution >= 4 is 11.8 Å². The summed E-state index contributed by atoms with van der Waals surface area (Å²) in [6, 6.07) is 4.27. The van der Waals surface area contributed by atoms with Gasteiger partial charge in [0.2, 0.25) is 0 Å². The second-order valence-electron chi connectivity index (χ2n) is 3.24. The van der Waals surface area contributed by atoms with Crippen LogP contribution in [0.2, 0.25) is 0 Å². The molecule has 80 valence electrons. The fourth-order valence-electron chi connectivity index (χ4n) is 1.28. The van der Waals surface area contributed by atoms with Gasteiger partial charge in [-0.2, -0.15) is 11.8 Å². The average Bonchev–Trinajstić information content (AvgIpc) is 2.70. The summed E-state index contributed by atoms with van der Waals surface area (Å²) < 4.78 is 5.31. The summed E-state index contributed by atoms with van der Waals surface area (Å²) in [7, 11) is 0. The van der Waals surface area contributed by atoms with Crippen molar-refractivity contribution in [3.05, 3.63) is 24.2 Å². The highest BCUT2D eigenvalue weighted by molar-refractivity contribution is 7.99. The maximum atomic E-state index is 5.31. The van der Waals surface area contributed by atoms with Crippen molar-refractivity contribution < 1.29 is 4.42 Å². The third-order valence-corrected chi connectivity index (χ3v) is 3.08. The summed E-state index contributed by atoms with van der Waals surface area (Å²) in [5.41, 5.74) is 0. The van der Waals surface area contributed by atoms with Crippen molar-refractivity contribution in [1.82, 2.24) is 5.32 Å². The fourth-order valence-corrected chi connectivity index (χ4v) is 1.91. The van der Waals surface area contributed by atoms with E-state index in [1.54, 1.807) is 6.26 Å². The minimum absolute atomic E-state index is 0.330. The van der Waals surface area contributed by atoms with Crippen LogP contribution in [0.25, 0.3) is 0 Å². The zero-order valence-corrected chi connectivity index (χ0v) is 9.77. The van der Waals surface area contributed by atoms with E-state index in [0.717, 1.165) is 12.3 Å². The maximum Gasteiger partial charge on any atom is 0.120 e. The van der Waals surface area contributed by atoms with Crippen molar-refractivity contribution in [1.29, 1.82) is 0 Å². The van der Waals surface area contributed by atoms with Gasteiger partial charge in [-0.3, -0.25) is 0 Å². The Morgan fingerprint density at radius 2 is 2.43 bits per heavy atom. The molecule has 0 unspecified atom stereocenters. The molecule has 1 rings (SSSR count). The second-order valence-corrected chi connectivity index (χ2v) is 4.64. The highest BCUT2D eigenvalue weighted by atomic mass is 32.2. The van der Waals surface area contributed by atoms with Gasteiger partial charge in [0.1, 0.15) is 5.76 Å². The lowest BCUT2D eigenvalue weighted by Crippen LogP contribution is -2.19. The first-order valence-electron chi connectivity index (χ1n) is 5.19. The molecule has 1 N–H and O–H groups in total. The van der Waals surface area contributed by atoms with Crippen LogP contribution in [0.3, 0.4) is 0 Å². The zero-order valence-electron chi connectivity index (χ0n) is 8.95. The van der Waals surface area contributed by atoms with Crippen LogP contribution in [0.5, 0.6) is 0 Å². The molecule has 0 spiro atoms. The minimum Gasteiger partial charge on any atom is -0.468 e. The standard InChI is InChI=1S/C11H19NOS/c1-3-14-9-5-7-12-10(2)11-6-4-8-13-11/h4,6,8,10,12H,3,5,7,9H2,1-2H3/t10-/m0/s1. The van der Waals surface area contributed by atoms with Gasteiger partial charge in [-0.1, -0.05) is 6.92 Å². The van der Waals surface area contributed by atoms with Crippen LogP contribution in [0.4, 0.5) is 0 Å². The van der Waals surface area contributed by atoms with Gasteiger partial charge in [0.15, 0.2) is 0 Å². The van der Waals surface area contributed by atoms with Crippen LogP contribution in [0.15, 0.2) is 22.8 Å². The van der Waals surface area contributed by atoms with Crippen molar-refractivity contribution in [2.75, 3.05) is 18.1 Å². The largest absolute Gasteiger partial charge is 0.468 e. The van der Waals surface area contributed by atoms with Gasteiger partial charge in [0.05, 0.1) is 12.3 Å². The number of hydrogen-bond acceptors (Lipinski definition) is 3. The second kappa shape index (κ2) is 6.96. The van der Waals surface area contributed by atoms with E-state index in [1.165, 1.54) is 17.9 Å². The Labute approximate surface area is 90.5 Å². The Hall–Kier alpha value is -0.410. The Balaban J connectivity index is 2.07. The molecular formula is C11H19NOS. The molecule has 1 aromatic rings. The smallest absolute Gasteiger partial charge is 0.120 e. The van der Waals surface area contributed by atoms with Gasteiger partial charge in [-0.25, -0.2) is 0 Å². The van der Waals surface area contributed by atoms with Gasteiger partial charge in [0.25, 0.3) is 0 Å². The van der Waals surface area contributed by atoms with Crippen molar-refractivity contribution in [2.24, 2.45) is 0 Å². The quantitative estimate of drug-likeness (QED) is 0.705. The molecule has 0 saturated heterocycles. The van der Waals surface area contributed by atoms with Crippen LogP contribution >= 0.6 is 11.8 Å². The first-order valence-corrected chi connectivity index (χ1v) is 6.34. The molecule has 1 atom stereocenters. The first kappa shape index (κ1) is 11.7. The van der Waals surface area contributed by atoms with Crippen LogP contribution in [-0.2, 0) is 0 Å². The molecule has 0 aromatic carbocycles. The zero-order chi connectivity index (χ0) is 10.2. The SMILES string of the molecule is CCSCCCN[C@@H](C)c1ccco1. The molecule has 0 amide bonds. The number of nitrogens with one attached hydrogen (secondary N) is 1. The van der Waals surface area contributed by atoms with Crippen LogP contribution in [0.1, 0.15) is 32.1 Å². The van der Waals surface area contributed by atoms with Crippen molar-refractivity contribution in [3.8, 4) is 0 Å². The van der Waals surface area contributed by atoms with E-state index in [4.69, 9.17) is 4.42 Å². The summed E-state index contributed by atoms with van der Waals surface area (Å²) in [5.74, 6) is 3.48. The molecule has 0 radical (unpaired) electrons. The lowest BCUT2D eigenvalue weighted by molar-refractivity contribution is 0.432. The molecule has 3 heteroatoms. The monoisotopic (exact) mass is 213 g/mol. The highest BCUT2D eigenvalue weighted by Gasteiger charge is 2.05. The molecule has 0 bridgehead atoms. The molecule has 0 aliphatic carbocycles. The number of rotatable bonds is 7. The summed E-state index contributed by atoms with van der Waals surface area (Å²) in [6.45, 7) is 5.39. The maximum absolute atomic E-state index is 5.31. The molecule has 0 saturated carbocycles. The first-order chi connectivity index (χ1) is 6.84. The van der Waals surface area contributed by atoms with E-state index in [-0.39, 0.29) is 0 Å². The lowest BCUT2D eigenvalue weighted by atomic mass is 10.2. The Kier molecular flexibility index (Phi) is 5.80. The lowest BCUT2D eigenvalue weighted by Gasteiger charge is -2.10. The summed E-state index contributed by atoms with van der Waals surface area (Å²) in [4.78, 5) is 0. The van der Waals surface area contributed by atoms with Gasteiger partial charge >= 0.3 is 0 Å². The average molecular weight is 213 g/mol. The van der Waals surface area contributed by atoms with Crippen LogP contribution < -0.4 is 5.32 Å². The van der Waals surface area contributed by atoms with E-state index in [2.05, 4.69) is 19.2 Å². The minimum atomic E-state index is 0.330. The van der Waals surface area contributed by atoms with E-state index < -0.39 is 0 Å². The number of hydrogen-bond donors (Lipinski definition) is 1. The van der Waals surface area contributed by atoms with Crippen LogP contribution in [-0.4, -0.2) is 18.1 Å². The Bertz CT molecular complexity index is 223. The van der Waals surface area contributed by atoms with Gasteiger partial charge in [-0.05, 0) is 43.5 Å². The molecule has 2 nitrogen and oxygen atoms in total. The predicted octanol–water partition coefficient (Wildman–Crippen LogP) is 3.07. The van der Waals surface area contributed by atoms with Crippen molar-refractivity contribution in [2.45, 2.75) is 26.3 Å². The van der Waals surface area contributed by atoms with Crippen LogP contribution in [0, 0.1) is 0 Å². The summed E-state index contributed by atoms with van der Waals surface area (Å²) >= 11 is 1.99. The molecule has 1 heterocycles. The van der Waals surface area contributed by atoms with E-state index in [9.17, 15) is 0 Å². The summed E-state index contributed by atoms with van der Waals surface area (Å²) in [5, 5.41) is 3.44. The molecule has 0 aliphatic heterocycles. The topological polar surface area (TPSA) is 25.2 Å². The summed E-state index contributed by atoms with van der Waals surface area (Å²) in [6.07, 6.45) is 2.95. The molecule has 0 aliphatic rings. The van der Waals surface area contributed by atoms with E-state index in [0.29, 0.717) is 6.04 Å². The molecule has 14 heavy (non-hydrogen) atoms. The number of thioether (sulfide) groups is 1. The number of furan rings is 1. The van der Waals surface area contributed by atoms with Gasteiger partial charge in [-0.15, -0.1) is 0 Å². The Morgan fingerprint density at radius 3 is 3.07 bits per heavy atom. The molecular weight excluding hydrogens is 194 g/mol. The third-order valence-electron chi connectivity index (χ3n) is 2.09. The van der Waals surface area contributed by atoms with Gasteiger partial charge in [0, 0.05) is 0 Å². The molecule has 1 aromatic heterocycles. The predicted molar refractivity (Wildman–Crippen MR) is 62.7 cm³/mol. The van der Waals surface area contributed by atoms with Crippen molar-refractivity contribution in [3.63, 3.8) is 0 Å². The van der Waals surface area contributed by atoms with E-state index in [1.807, 2.05) is 23.9 Å². The van der Waals surface area contributed by atoms with Gasteiger partial charge < -0.3 is 9.73 Å².